The zero-order valence-corrected chi connectivity index (χ0v) is 16.8. The van der Waals surface area contributed by atoms with Gasteiger partial charge in [0.2, 0.25) is 17.6 Å². The van der Waals surface area contributed by atoms with Gasteiger partial charge in [-0.15, -0.1) is 13.2 Å². The number of halogens is 3. The van der Waals surface area contributed by atoms with Gasteiger partial charge >= 0.3 is 6.36 Å². The second-order valence-corrected chi connectivity index (χ2v) is 6.65. The van der Waals surface area contributed by atoms with E-state index in [1.807, 2.05) is 0 Å². The van der Waals surface area contributed by atoms with E-state index in [-0.39, 0.29) is 24.5 Å². The van der Waals surface area contributed by atoms with E-state index in [2.05, 4.69) is 20.2 Å². The second kappa shape index (κ2) is 9.50. The van der Waals surface area contributed by atoms with Gasteiger partial charge in [0.25, 0.3) is 0 Å². The number of carbonyl (C=O) groups excluding carboxylic acids is 1. The second-order valence-electron chi connectivity index (χ2n) is 6.65. The Bertz CT molecular complexity index is 1000. The Labute approximate surface area is 176 Å². The van der Waals surface area contributed by atoms with Crippen LogP contribution in [-0.2, 0) is 11.2 Å². The van der Waals surface area contributed by atoms with Gasteiger partial charge in [-0.05, 0) is 48.9 Å². The van der Waals surface area contributed by atoms with Gasteiger partial charge in [-0.1, -0.05) is 17.3 Å². The fourth-order valence-electron chi connectivity index (χ4n) is 2.79. The molecule has 0 saturated heterocycles. The number of carbonyl (C=O) groups is 1. The maximum absolute atomic E-state index is 12.2. The number of benzene rings is 2. The Morgan fingerprint density at radius 1 is 1.10 bits per heavy atom. The highest BCUT2D eigenvalue weighted by Gasteiger charge is 2.31. The molecule has 0 bridgehead atoms. The Morgan fingerprint density at radius 3 is 2.35 bits per heavy atom. The Hall–Kier alpha value is -3.56. The fourth-order valence-corrected chi connectivity index (χ4v) is 2.79. The average Bonchev–Trinajstić information content (AvgIpc) is 3.21. The first kappa shape index (κ1) is 22.1. The van der Waals surface area contributed by atoms with Crippen LogP contribution in [0.2, 0.25) is 0 Å². The first-order valence-electron chi connectivity index (χ1n) is 9.35. The normalized spacial score (nSPS) is 12.3. The highest BCUT2D eigenvalue weighted by atomic mass is 19.4. The van der Waals surface area contributed by atoms with Crippen LogP contribution in [-0.4, -0.2) is 29.5 Å². The molecule has 3 rings (SSSR count). The van der Waals surface area contributed by atoms with Crippen LogP contribution in [0.5, 0.6) is 11.5 Å². The van der Waals surface area contributed by atoms with Gasteiger partial charge in [-0.3, -0.25) is 4.79 Å². The number of rotatable bonds is 8. The van der Waals surface area contributed by atoms with Crippen molar-refractivity contribution >= 4 is 5.91 Å². The first-order chi connectivity index (χ1) is 14.7. The molecule has 0 aliphatic carbocycles. The minimum absolute atomic E-state index is 0.115. The number of methoxy groups -OCH3 is 1. The van der Waals surface area contributed by atoms with Crippen molar-refractivity contribution in [3.8, 4) is 22.9 Å². The number of nitrogens with zero attached hydrogens (tertiary/aromatic N) is 2. The van der Waals surface area contributed by atoms with E-state index in [1.165, 1.54) is 24.3 Å². The number of hydrogen-bond acceptors (Lipinski definition) is 6. The first-order valence-corrected chi connectivity index (χ1v) is 9.35. The summed E-state index contributed by atoms with van der Waals surface area (Å²) in [5, 5.41) is 6.69. The van der Waals surface area contributed by atoms with Gasteiger partial charge < -0.3 is 19.3 Å². The van der Waals surface area contributed by atoms with Crippen molar-refractivity contribution in [3.63, 3.8) is 0 Å². The SMILES string of the molecule is COc1ccc(-c2noc(CCC(=O)NC(C)c3ccc(OC(F)(F)F)cc3)n2)cc1. The number of hydrogen-bond donors (Lipinski definition) is 1. The van der Waals surface area contributed by atoms with Crippen LogP contribution in [0.4, 0.5) is 13.2 Å². The quantitative estimate of drug-likeness (QED) is 0.563. The summed E-state index contributed by atoms with van der Waals surface area (Å²) in [5.41, 5.74) is 1.40. The summed E-state index contributed by atoms with van der Waals surface area (Å²) in [6, 6.07) is 12.1. The lowest BCUT2D eigenvalue weighted by atomic mass is 10.1. The van der Waals surface area contributed by atoms with E-state index in [0.29, 0.717) is 23.0 Å². The molecule has 0 aliphatic heterocycles. The third kappa shape index (κ3) is 6.46. The Morgan fingerprint density at radius 2 is 1.74 bits per heavy atom. The van der Waals surface area contributed by atoms with Crippen LogP contribution >= 0.6 is 0 Å². The van der Waals surface area contributed by atoms with Crippen molar-refractivity contribution in [3.05, 3.63) is 60.0 Å². The molecule has 1 unspecified atom stereocenters. The molecule has 0 radical (unpaired) electrons. The number of ether oxygens (including phenoxy) is 2. The van der Waals surface area contributed by atoms with E-state index in [4.69, 9.17) is 9.26 Å². The van der Waals surface area contributed by atoms with Crippen molar-refractivity contribution < 1.29 is 32.0 Å². The van der Waals surface area contributed by atoms with Crippen molar-refractivity contribution in [2.24, 2.45) is 0 Å². The Kier molecular flexibility index (Phi) is 6.78. The molecule has 31 heavy (non-hydrogen) atoms. The van der Waals surface area contributed by atoms with E-state index in [1.54, 1.807) is 38.3 Å². The third-order valence-corrected chi connectivity index (χ3v) is 4.37. The molecule has 1 atom stereocenters. The van der Waals surface area contributed by atoms with Crippen molar-refractivity contribution in [2.45, 2.75) is 32.2 Å². The smallest absolute Gasteiger partial charge is 0.497 e. The van der Waals surface area contributed by atoms with Gasteiger partial charge in [0.1, 0.15) is 11.5 Å². The number of aromatic nitrogens is 2. The summed E-state index contributed by atoms with van der Waals surface area (Å²) in [5.74, 6) is 0.863. The van der Waals surface area contributed by atoms with Crippen LogP contribution < -0.4 is 14.8 Å². The standard InChI is InChI=1S/C21H20F3N3O4/c1-13(14-3-9-17(10-4-14)30-21(22,23)24)25-18(28)11-12-19-26-20(27-31-19)15-5-7-16(29-2)8-6-15/h3-10,13H,11-12H2,1-2H3,(H,25,28). The van der Waals surface area contributed by atoms with Crippen LogP contribution in [0, 0.1) is 0 Å². The minimum atomic E-state index is -4.75. The minimum Gasteiger partial charge on any atom is -0.497 e. The summed E-state index contributed by atoms with van der Waals surface area (Å²) < 4.78 is 50.8. The molecule has 3 aromatic rings. The molecule has 1 heterocycles. The fraction of sp³-hybridized carbons (Fsp3) is 0.286. The molecule has 0 saturated carbocycles. The zero-order valence-electron chi connectivity index (χ0n) is 16.8. The monoisotopic (exact) mass is 435 g/mol. The van der Waals surface area contributed by atoms with Gasteiger partial charge in [0.15, 0.2) is 0 Å². The molecule has 0 aliphatic rings. The molecule has 7 nitrogen and oxygen atoms in total. The van der Waals surface area contributed by atoms with Gasteiger partial charge in [-0.2, -0.15) is 4.98 Å². The lowest BCUT2D eigenvalue weighted by Gasteiger charge is -2.15. The van der Waals surface area contributed by atoms with Gasteiger partial charge in [0, 0.05) is 18.4 Å². The number of aryl methyl sites for hydroxylation is 1. The topological polar surface area (TPSA) is 86.5 Å². The third-order valence-electron chi connectivity index (χ3n) is 4.37. The highest BCUT2D eigenvalue weighted by Crippen LogP contribution is 2.24. The van der Waals surface area contributed by atoms with Crippen molar-refractivity contribution in [2.75, 3.05) is 7.11 Å². The predicted molar refractivity (Wildman–Crippen MR) is 104 cm³/mol. The maximum atomic E-state index is 12.2. The zero-order chi connectivity index (χ0) is 22.4. The van der Waals surface area contributed by atoms with Gasteiger partial charge in [-0.25, -0.2) is 0 Å². The van der Waals surface area contributed by atoms with E-state index >= 15 is 0 Å². The molecule has 1 N–H and O–H groups in total. The number of alkyl halides is 3. The Balaban J connectivity index is 1.50. The molecule has 2 aromatic carbocycles. The average molecular weight is 435 g/mol. The van der Waals surface area contributed by atoms with E-state index < -0.39 is 12.4 Å². The molecule has 1 aromatic heterocycles. The molecular weight excluding hydrogens is 415 g/mol. The van der Waals surface area contributed by atoms with Crippen molar-refractivity contribution in [1.82, 2.24) is 15.5 Å². The summed E-state index contributed by atoms with van der Waals surface area (Å²) in [7, 11) is 1.57. The van der Waals surface area contributed by atoms with Crippen LogP contribution in [0.1, 0.15) is 30.8 Å². The summed E-state index contributed by atoms with van der Waals surface area (Å²) in [6.07, 6.45) is -4.38. The lowest BCUT2D eigenvalue weighted by Crippen LogP contribution is -2.26. The lowest BCUT2D eigenvalue weighted by molar-refractivity contribution is -0.274. The largest absolute Gasteiger partial charge is 0.573 e. The highest BCUT2D eigenvalue weighted by molar-refractivity contribution is 5.76. The maximum Gasteiger partial charge on any atom is 0.573 e. The molecule has 10 heteroatoms. The molecule has 0 spiro atoms. The van der Waals surface area contributed by atoms with Crippen LogP contribution in [0.15, 0.2) is 53.1 Å². The number of amides is 1. The van der Waals surface area contributed by atoms with E-state index in [9.17, 15) is 18.0 Å². The molecule has 1 amide bonds. The summed E-state index contributed by atoms with van der Waals surface area (Å²) in [6.45, 7) is 1.73. The van der Waals surface area contributed by atoms with E-state index in [0.717, 1.165) is 5.56 Å². The van der Waals surface area contributed by atoms with Crippen LogP contribution in [0.3, 0.4) is 0 Å². The van der Waals surface area contributed by atoms with Crippen LogP contribution in [0.25, 0.3) is 11.4 Å². The molecule has 164 valence electrons. The van der Waals surface area contributed by atoms with Gasteiger partial charge in [0.05, 0.1) is 13.2 Å². The number of nitrogens with one attached hydrogen (secondary N) is 1. The van der Waals surface area contributed by atoms with Crippen molar-refractivity contribution in [1.29, 1.82) is 0 Å². The summed E-state index contributed by atoms with van der Waals surface area (Å²) >= 11 is 0. The molecule has 0 fully saturated rings. The molecular formula is C21H20F3N3O4. The predicted octanol–water partition coefficient (Wildman–Crippen LogP) is 4.45. The summed E-state index contributed by atoms with van der Waals surface area (Å²) in [4.78, 5) is 16.5.